The van der Waals surface area contributed by atoms with Crippen molar-refractivity contribution >= 4 is 17.8 Å². The van der Waals surface area contributed by atoms with Crippen LogP contribution in [0.1, 0.15) is 63.0 Å². The van der Waals surface area contributed by atoms with Gasteiger partial charge in [0.2, 0.25) is 11.8 Å². The highest BCUT2D eigenvalue weighted by Gasteiger charge is 2.28. The first-order chi connectivity index (χ1) is 16.8. The van der Waals surface area contributed by atoms with E-state index in [1.807, 2.05) is 0 Å². The third kappa shape index (κ3) is 10.6. The van der Waals surface area contributed by atoms with Crippen LogP contribution in [0.5, 0.6) is 0 Å². The van der Waals surface area contributed by atoms with Crippen LogP contribution in [0.15, 0.2) is 30.2 Å². The summed E-state index contributed by atoms with van der Waals surface area (Å²) >= 11 is 0. The van der Waals surface area contributed by atoms with Crippen LogP contribution in [-0.2, 0) is 25.5 Å². The van der Waals surface area contributed by atoms with Crippen molar-refractivity contribution in [3.05, 3.63) is 35.8 Å². The van der Waals surface area contributed by atoms with Crippen molar-refractivity contribution < 1.29 is 30.1 Å². The smallest absolute Gasteiger partial charge is 0.307 e. The van der Waals surface area contributed by atoms with Crippen LogP contribution < -0.4 is 16.4 Å². The Labute approximate surface area is 185 Å². The highest BCUT2D eigenvalue weighted by Crippen LogP contribution is 2.17. The molecule has 0 aliphatic carbocycles. The van der Waals surface area contributed by atoms with Gasteiger partial charge in [0.15, 0.2) is 0 Å². The zero-order chi connectivity index (χ0) is 28.9. The van der Waals surface area contributed by atoms with Crippen molar-refractivity contribution in [3.63, 3.8) is 0 Å². The number of esters is 1. The summed E-state index contributed by atoms with van der Waals surface area (Å²) in [6, 6.07) is -5.79. The molecule has 0 heterocycles. The van der Waals surface area contributed by atoms with E-state index >= 15 is 0 Å². The normalized spacial score (nSPS) is 18.9. The number of hydrogen-bond donors (Lipinski definition) is 3. The van der Waals surface area contributed by atoms with E-state index in [-0.39, 0.29) is 6.42 Å². The highest BCUT2D eigenvalue weighted by atomic mass is 16.6. The number of nitrogens with two attached hydrogens (primary N) is 1. The lowest BCUT2D eigenvalue weighted by atomic mass is 9.94. The van der Waals surface area contributed by atoms with Gasteiger partial charge in [0.1, 0.15) is 11.6 Å². The molecule has 0 spiro atoms. The molecule has 0 fully saturated rings. The SMILES string of the molecule is [2H]c1c([2H])c([2H])c(C([2H])([2H])[C@]([2H])(CC(=O)OC(C)(C)C)C(=O)N[C@@H](CCCCNC)C(N)=O)c([2H])c1[2H]. The molecule has 0 aliphatic rings. The third-order valence-corrected chi connectivity index (χ3v) is 3.61. The molecule has 1 aromatic carbocycles. The molecule has 2 amide bonds. The minimum Gasteiger partial charge on any atom is -0.460 e. The standard InChI is InChI=1S/C22H35N3O4/c1-22(2,3)29-19(26)15-17(14-16-10-6-5-7-11-16)21(28)25-18(20(23)27)12-8-9-13-24-4/h5-7,10-11,17-18,24H,8-9,12-15H2,1-4H3,(H2,23,27)(H,25,28)/t17-,18+/m1/s1/i5D,6D,7D,10D,11D,14D2,17D. The van der Waals surface area contributed by atoms with Gasteiger partial charge in [-0.15, -0.1) is 0 Å². The van der Waals surface area contributed by atoms with E-state index in [2.05, 4.69) is 10.6 Å². The number of carbonyl (C=O) groups is 3. The minimum absolute atomic E-state index is 0.0724. The van der Waals surface area contributed by atoms with Crippen LogP contribution in [-0.4, -0.2) is 43.0 Å². The Balaban J connectivity index is 3.64. The predicted molar refractivity (Wildman–Crippen MR) is 113 cm³/mol. The van der Waals surface area contributed by atoms with Crippen LogP contribution in [0, 0.1) is 5.89 Å². The molecule has 0 saturated carbocycles. The first kappa shape index (κ1) is 14.6. The van der Waals surface area contributed by atoms with Crippen molar-refractivity contribution in [3.8, 4) is 0 Å². The van der Waals surface area contributed by atoms with Crippen LogP contribution in [0.4, 0.5) is 0 Å². The number of rotatable bonds is 12. The van der Waals surface area contributed by atoms with Gasteiger partial charge in [-0.05, 0) is 65.6 Å². The summed E-state index contributed by atoms with van der Waals surface area (Å²) in [5.41, 5.74) is 3.38. The van der Waals surface area contributed by atoms with E-state index in [0.29, 0.717) is 19.4 Å². The van der Waals surface area contributed by atoms with Gasteiger partial charge in [-0.2, -0.15) is 0 Å². The molecular weight excluding hydrogens is 370 g/mol. The molecule has 0 bridgehead atoms. The summed E-state index contributed by atoms with van der Waals surface area (Å²) in [4.78, 5) is 38.1. The van der Waals surface area contributed by atoms with Crippen LogP contribution >= 0.6 is 0 Å². The molecule has 1 aromatic rings. The molecule has 0 aliphatic heterocycles. The Morgan fingerprint density at radius 1 is 1.24 bits per heavy atom. The zero-order valence-electron chi connectivity index (χ0n) is 25.3. The number of unbranched alkanes of at least 4 members (excludes halogenated alkanes) is 1. The fourth-order valence-electron chi connectivity index (χ4n) is 2.35. The Bertz CT molecular complexity index is 1000. The summed E-state index contributed by atoms with van der Waals surface area (Å²) in [5.74, 6) is -6.62. The maximum Gasteiger partial charge on any atom is 0.307 e. The Hall–Kier alpha value is -2.41. The number of hydrogen-bond acceptors (Lipinski definition) is 5. The van der Waals surface area contributed by atoms with E-state index in [1.165, 1.54) is 20.8 Å². The maximum atomic E-state index is 13.4. The molecule has 7 heteroatoms. The largest absolute Gasteiger partial charge is 0.460 e. The van der Waals surface area contributed by atoms with Crippen molar-refractivity contribution in [2.45, 2.75) is 64.5 Å². The fourth-order valence-corrected chi connectivity index (χ4v) is 2.35. The van der Waals surface area contributed by atoms with Gasteiger partial charge < -0.3 is 21.1 Å². The fraction of sp³-hybridized carbons (Fsp3) is 0.591. The topological polar surface area (TPSA) is 111 Å². The van der Waals surface area contributed by atoms with Gasteiger partial charge in [0, 0.05) is 4.11 Å². The third-order valence-electron chi connectivity index (χ3n) is 3.61. The van der Waals surface area contributed by atoms with E-state index in [9.17, 15) is 14.4 Å². The Morgan fingerprint density at radius 3 is 2.45 bits per heavy atom. The molecule has 162 valence electrons. The molecule has 0 aromatic heterocycles. The summed E-state index contributed by atoms with van der Waals surface area (Å²) in [7, 11) is 1.74. The van der Waals surface area contributed by atoms with Gasteiger partial charge in [-0.3, -0.25) is 14.4 Å². The van der Waals surface area contributed by atoms with E-state index in [4.69, 9.17) is 21.4 Å². The molecule has 2 atom stereocenters. The van der Waals surface area contributed by atoms with Gasteiger partial charge in [-0.25, -0.2) is 0 Å². The molecule has 1 rings (SSSR count). The van der Waals surface area contributed by atoms with E-state index in [0.717, 1.165) is 0 Å². The van der Waals surface area contributed by atoms with E-state index < -0.39 is 83.9 Å². The van der Waals surface area contributed by atoms with Crippen LogP contribution in [0.3, 0.4) is 0 Å². The van der Waals surface area contributed by atoms with Gasteiger partial charge in [0.25, 0.3) is 0 Å². The molecule has 4 N–H and O–H groups in total. The second-order valence-corrected chi connectivity index (χ2v) is 7.39. The van der Waals surface area contributed by atoms with Gasteiger partial charge >= 0.3 is 5.97 Å². The van der Waals surface area contributed by atoms with Crippen LogP contribution in [0.2, 0.25) is 0 Å². The van der Waals surface area contributed by atoms with Gasteiger partial charge in [0.05, 0.1) is 19.2 Å². The molecule has 29 heavy (non-hydrogen) atoms. The van der Waals surface area contributed by atoms with Crippen molar-refractivity contribution in [2.24, 2.45) is 11.6 Å². The number of benzene rings is 1. The van der Waals surface area contributed by atoms with Crippen molar-refractivity contribution in [2.75, 3.05) is 13.6 Å². The average Bonchev–Trinajstić information content (AvgIpc) is 2.76. The second kappa shape index (κ2) is 12.2. The number of carbonyl (C=O) groups excluding carboxylic acids is 3. The number of primary amides is 1. The highest BCUT2D eigenvalue weighted by molar-refractivity contribution is 5.89. The number of ether oxygens (including phenoxy) is 1. The van der Waals surface area contributed by atoms with Crippen molar-refractivity contribution in [1.29, 1.82) is 0 Å². The number of amides is 2. The molecule has 0 radical (unpaired) electrons. The minimum atomic E-state index is -3.31. The summed E-state index contributed by atoms with van der Waals surface area (Å²) in [6.07, 6.45) is -3.35. The van der Waals surface area contributed by atoms with Crippen LogP contribution in [0.25, 0.3) is 0 Å². The van der Waals surface area contributed by atoms with Gasteiger partial charge in [-0.1, -0.05) is 30.2 Å². The second-order valence-electron chi connectivity index (χ2n) is 7.39. The summed E-state index contributed by atoms with van der Waals surface area (Å²) in [5, 5.41) is 5.16. The molecular formula is C22H35N3O4. The summed E-state index contributed by atoms with van der Waals surface area (Å²) in [6.45, 7) is 5.19. The lowest BCUT2D eigenvalue weighted by Gasteiger charge is -2.23. The van der Waals surface area contributed by atoms with Crippen molar-refractivity contribution in [1.82, 2.24) is 10.6 Å². The first-order valence-electron chi connectivity index (χ1n) is 13.4. The maximum absolute atomic E-state index is 13.4. The Kier molecular flexibility index (Phi) is 6.13. The molecule has 0 saturated heterocycles. The zero-order valence-corrected chi connectivity index (χ0v) is 17.3. The average molecular weight is 414 g/mol. The molecule has 0 unspecified atom stereocenters. The monoisotopic (exact) mass is 413 g/mol. The molecule has 7 nitrogen and oxygen atoms in total. The quantitative estimate of drug-likeness (QED) is 0.358. The number of nitrogens with one attached hydrogen (secondary N) is 2. The van der Waals surface area contributed by atoms with E-state index in [1.54, 1.807) is 7.05 Å². The Morgan fingerprint density at radius 2 is 1.90 bits per heavy atom. The first-order valence-corrected chi connectivity index (χ1v) is 9.36. The predicted octanol–water partition coefficient (Wildman–Crippen LogP) is 1.94. The lowest BCUT2D eigenvalue weighted by molar-refractivity contribution is -0.157. The summed E-state index contributed by atoms with van der Waals surface area (Å²) < 4.78 is 71.2. The lowest BCUT2D eigenvalue weighted by Crippen LogP contribution is -2.47.